The summed E-state index contributed by atoms with van der Waals surface area (Å²) in [6.45, 7) is 1.21. The number of carbonyl (C=O) groups excluding carboxylic acids is 1. The Morgan fingerprint density at radius 2 is 2.05 bits per heavy atom. The van der Waals surface area contributed by atoms with E-state index in [9.17, 15) is 18.0 Å². The van der Waals surface area contributed by atoms with Gasteiger partial charge in [0.2, 0.25) is 5.91 Å². The van der Waals surface area contributed by atoms with Crippen molar-refractivity contribution in [3.05, 3.63) is 18.0 Å². The van der Waals surface area contributed by atoms with E-state index < -0.39 is 23.9 Å². The average Bonchev–Trinajstić information content (AvgIpc) is 2.98. The second-order valence-electron chi connectivity index (χ2n) is 5.26. The van der Waals surface area contributed by atoms with E-state index in [2.05, 4.69) is 15.2 Å². The fourth-order valence-electron chi connectivity index (χ4n) is 2.66. The van der Waals surface area contributed by atoms with Gasteiger partial charge in [-0.25, -0.2) is 4.98 Å². The number of aryl methyl sites for hydroxylation is 1. The van der Waals surface area contributed by atoms with Crippen LogP contribution in [-0.2, 0) is 4.79 Å². The topological polar surface area (TPSA) is 89.4 Å². The van der Waals surface area contributed by atoms with E-state index >= 15 is 0 Å². The van der Waals surface area contributed by atoms with E-state index in [1.165, 1.54) is 9.53 Å². The van der Waals surface area contributed by atoms with E-state index in [0.29, 0.717) is 17.3 Å². The zero-order chi connectivity index (χ0) is 16.1. The summed E-state index contributed by atoms with van der Waals surface area (Å²) in [5.41, 5.74) is 5.60. The van der Waals surface area contributed by atoms with Gasteiger partial charge in [0.1, 0.15) is 5.82 Å². The molecule has 22 heavy (non-hydrogen) atoms. The normalized spacial score (nSPS) is 22.5. The van der Waals surface area contributed by atoms with Crippen LogP contribution in [0.25, 0.3) is 5.65 Å². The predicted molar refractivity (Wildman–Crippen MR) is 70.0 cm³/mol. The fraction of sp³-hybridized carbons (Fsp3) is 0.500. The van der Waals surface area contributed by atoms with Crippen LogP contribution in [0.15, 0.2) is 12.1 Å². The molecule has 3 rings (SSSR count). The van der Waals surface area contributed by atoms with Crippen LogP contribution in [0.4, 0.5) is 19.0 Å². The van der Waals surface area contributed by atoms with Crippen molar-refractivity contribution in [3.63, 3.8) is 0 Å². The molecule has 2 aromatic heterocycles. The van der Waals surface area contributed by atoms with Crippen LogP contribution >= 0.6 is 0 Å². The Labute approximate surface area is 122 Å². The van der Waals surface area contributed by atoms with Crippen LogP contribution < -0.4 is 10.6 Å². The summed E-state index contributed by atoms with van der Waals surface area (Å²) in [6, 6.07) is 3.17. The minimum absolute atomic E-state index is 0.119. The van der Waals surface area contributed by atoms with Crippen LogP contribution in [0.3, 0.4) is 0 Å². The summed E-state index contributed by atoms with van der Waals surface area (Å²) in [7, 11) is 0. The Kier molecular flexibility index (Phi) is 3.18. The first-order valence-corrected chi connectivity index (χ1v) is 6.57. The number of halogens is 3. The molecule has 118 valence electrons. The van der Waals surface area contributed by atoms with E-state index in [0.717, 1.165) is 0 Å². The van der Waals surface area contributed by atoms with Crippen molar-refractivity contribution in [3.8, 4) is 0 Å². The molecule has 0 unspecified atom stereocenters. The molecule has 10 heteroatoms. The van der Waals surface area contributed by atoms with Gasteiger partial charge in [-0.05, 0) is 19.1 Å². The van der Waals surface area contributed by atoms with Gasteiger partial charge in [-0.1, -0.05) is 0 Å². The van der Waals surface area contributed by atoms with Crippen LogP contribution in [0.5, 0.6) is 0 Å². The number of nitrogens with zero attached hydrogens (tertiary/aromatic N) is 5. The number of anilines is 1. The number of alkyl halides is 3. The molecule has 0 aliphatic carbocycles. The number of hydrogen-bond donors (Lipinski definition) is 1. The summed E-state index contributed by atoms with van der Waals surface area (Å²) in [5, 5.41) is 8.16. The highest BCUT2D eigenvalue weighted by molar-refractivity contribution is 5.78. The standard InChI is InChI=1S/C12H13F3N6O/c1-6-17-9-2-3-10(19-21(9)18-6)20-4-7(11(16)22)8(5-20)12(13,14)15/h2-3,7-8H,4-5H2,1H3,(H2,16,22)/t7-,8-/m1/s1. The second-order valence-corrected chi connectivity index (χ2v) is 5.26. The molecule has 1 aliphatic heterocycles. The largest absolute Gasteiger partial charge is 0.394 e. The molecule has 0 aromatic carbocycles. The maximum atomic E-state index is 13.0. The number of aromatic nitrogens is 4. The lowest BCUT2D eigenvalue weighted by Crippen LogP contribution is -2.37. The molecule has 0 saturated carbocycles. The zero-order valence-electron chi connectivity index (χ0n) is 11.6. The van der Waals surface area contributed by atoms with E-state index in [-0.39, 0.29) is 13.1 Å². The molecule has 2 aromatic rings. The predicted octanol–water partition coefficient (Wildman–Crippen LogP) is 0.533. The van der Waals surface area contributed by atoms with E-state index in [4.69, 9.17) is 5.73 Å². The zero-order valence-corrected chi connectivity index (χ0v) is 11.6. The summed E-state index contributed by atoms with van der Waals surface area (Å²) in [6.07, 6.45) is -4.48. The Balaban J connectivity index is 1.92. The van der Waals surface area contributed by atoms with Crippen LogP contribution in [-0.4, -0.2) is 45.0 Å². The molecule has 2 N–H and O–H groups in total. The number of hydrogen-bond acceptors (Lipinski definition) is 5. The quantitative estimate of drug-likeness (QED) is 0.873. The molecule has 1 saturated heterocycles. The minimum atomic E-state index is -4.48. The fourth-order valence-corrected chi connectivity index (χ4v) is 2.66. The van der Waals surface area contributed by atoms with Gasteiger partial charge < -0.3 is 10.6 Å². The molecule has 1 amide bonds. The van der Waals surface area contributed by atoms with Crippen molar-refractivity contribution < 1.29 is 18.0 Å². The van der Waals surface area contributed by atoms with E-state index in [1.807, 2.05) is 0 Å². The van der Waals surface area contributed by atoms with Crippen LogP contribution in [0, 0.1) is 18.8 Å². The van der Waals surface area contributed by atoms with Gasteiger partial charge in [0.15, 0.2) is 11.5 Å². The first kappa shape index (κ1) is 14.5. The molecule has 1 fully saturated rings. The van der Waals surface area contributed by atoms with Crippen molar-refractivity contribution in [2.75, 3.05) is 18.0 Å². The summed E-state index contributed by atoms with van der Waals surface area (Å²) in [4.78, 5) is 16.8. The van der Waals surface area contributed by atoms with Crippen molar-refractivity contribution in [2.24, 2.45) is 17.6 Å². The smallest absolute Gasteiger partial charge is 0.369 e. The molecule has 3 heterocycles. The lowest BCUT2D eigenvalue weighted by Gasteiger charge is -2.18. The molecule has 2 atom stereocenters. The van der Waals surface area contributed by atoms with Gasteiger partial charge in [-0.2, -0.15) is 13.2 Å². The molecule has 7 nitrogen and oxygen atoms in total. The van der Waals surface area contributed by atoms with Crippen LogP contribution in [0.1, 0.15) is 5.82 Å². The Morgan fingerprint density at radius 3 is 2.64 bits per heavy atom. The van der Waals surface area contributed by atoms with Gasteiger partial charge in [0.05, 0.1) is 11.8 Å². The minimum Gasteiger partial charge on any atom is -0.369 e. The van der Waals surface area contributed by atoms with Crippen molar-refractivity contribution >= 4 is 17.4 Å². The van der Waals surface area contributed by atoms with Crippen LogP contribution in [0.2, 0.25) is 0 Å². The maximum absolute atomic E-state index is 13.0. The molecular formula is C12H13F3N6O. The second kappa shape index (κ2) is 4.82. The Morgan fingerprint density at radius 1 is 1.32 bits per heavy atom. The number of rotatable bonds is 2. The van der Waals surface area contributed by atoms with E-state index in [1.54, 1.807) is 19.1 Å². The maximum Gasteiger partial charge on any atom is 0.394 e. The van der Waals surface area contributed by atoms with Gasteiger partial charge in [-0.3, -0.25) is 4.79 Å². The first-order chi connectivity index (χ1) is 10.3. The van der Waals surface area contributed by atoms with Crippen molar-refractivity contribution in [2.45, 2.75) is 13.1 Å². The highest BCUT2D eigenvalue weighted by Gasteiger charge is 2.52. The van der Waals surface area contributed by atoms with Crippen molar-refractivity contribution in [1.29, 1.82) is 0 Å². The SMILES string of the molecule is Cc1nc2ccc(N3C[C@@H](C(F)(F)F)[C@H](C(N)=O)C3)nn2n1. The molecule has 1 aliphatic rings. The van der Waals surface area contributed by atoms with Gasteiger partial charge in [0.25, 0.3) is 0 Å². The summed E-state index contributed by atoms with van der Waals surface area (Å²) < 4.78 is 40.4. The summed E-state index contributed by atoms with van der Waals surface area (Å²) in [5.74, 6) is -3.22. The first-order valence-electron chi connectivity index (χ1n) is 6.57. The Bertz CT molecular complexity index is 727. The monoisotopic (exact) mass is 314 g/mol. The third-order valence-electron chi connectivity index (χ3n) is 3.73. The molecule has 0 bridgehead atoms. The number of primary amides is 1. The third kappa shape index (κ3) is 2.44. The Hall–Kier alpha value is -2.39. The van der Waals surface area contributed by atoms with Gasteiger partial charge in [-0.15, -0.1) is 14.8 Å². The van der Waals surface area contributed by atoms with Crippen molar-refractivity contribution in [1.82, 2.24) is 19.8 Å². The highest BCUT2D eigenvalue weighted by Crippen LogP contribution is 2.38. The van der Waals surface area contributed by atoms with Gasteiger partial charge >= 0.3 is 6.18 Å². The lowest BCUT2D eigenvalue weighted by molar-refractivity contribution is -0.181. The third-order valence-corrected chi connectivity index (χ3v) is 3.73. The summed E-state index contributed by atoms with van der Waals surface area (Å²) >= 11 is 0. The number of amides is 1. The lowest BCUT2D eigenvalue weighted by atomic mass is 9.95. The molecule has 0 spiro atoms. The highest BCUT2D eigenvalue weighted by atomic mass is 19.4. The van der Waals surface area contributed by atoms with Gasteiger partial charge in [0, 0.05) is 13.1 Å². The molecular weight excluding hydrogens is 301 g/mol. The average molecular weight is 314 g/mol. The number of carbonyl (C=O) groups is 1. The number of nitrogens with two attached hydrogens (primary N) is 1. The number of fused-ring (bicyclic) bond motifs is 1. The molecule has 0 radical (unpaired) electrons.